The van der Waals surface area contributed by atoms with Gasteiger partial charge in [-0.15, -0.1) is 0 Å². The monoisotopic (exact) mass is 846 g/mol. The Balaban J connectivity index is 0.000000377. The molecule has 0 amide bonds. The Bertz CT molecular complexity index is 2140. The topological polar surface area (TPSA) is 288 Å². The first-order chi connectivity index (χ1) is 28.0. The first-order valence-corrected chi connectivity index (χ1v) is 17.8. The number of hydrogen-bond donors (Lipinski definition) is 2. The largest absolute Gasteiger partial charge is 0.475 e. The predicted molar refractivity (Wildman–Crippen MR) is 209 cm³/mol. The van der Waals surface area contributed by atoms with Gasteiger partial charge in [0.25, 0.3) is 0 Å². The minimum atomic E-state index is -1.28. The minimum Gasteiger partial charge on any atom is -0.475 e. The van der Waals surface area contributed by atoms with E-state index in [0.717, 1.165) is 29.9 Å². The van der Waals surface area contributed by atoms with Crippen molar-refractivity contribution in [2.45, 2.75) is 85.3 Å². The van der Waals surface area contributed by atoms with Crippen molar-refractivity contribution in [3.8, 4) is 0 Å². The Hall–Kier alpha value is -6.96. The summed E-state index contributed by atoms with van der Waals surface area (Å²) in [5, 5.41) is 37.9. The number of carboxylic acids is 1. The number of rotatable bonds is 11. The zero-order valence-electron chi connectivity index (χ0n) is 35.0. The van der Waals surface area contributed by atoms with Crippen LogP contribution >= 0.6 is 0 Å². The van der Waals surface area contributed by atoms with Crippen LogP contribution in [0.5, 0.6) is 0 Å². The molecule has 0 unspecified atom stereocenters. The van der Waals surface area contributed by atoms with Crippen LogP contribution in [0.25, 0.3) is 0 Å². The highest BCUT2D eigenvalue weighted by Crippen LogP contribution is 2.26. The number of aliphatic hydroxyl groups is 1. The van der Waals surface area contributed by atoms with Crippen molar-refractivity contribution in [2.24, 2.45) is 0 Å². The molecule has 20 heteroatoms. The number of aliphatic hydroxyl groups excluding tert-OH is 1. The lowest BCUT2D eigenvalue weighted by atomic mass is 9.98. The number of ether oxygens (including phenoxy) is 3. The lowest BCUT2D eigenvalue weighted by molar-refractivity contribution is -0.569. The van der Waals surface area contributed by atoms with Gasteiger partial charge in [0.05, 0.1) is 51.7 Å². The molecule has 20 nitrogen and oxygen atoms in total. The maximum atomic E-state index is 11.0. The Morgan fingerprint density at radius 3 is 1.42 bits per heavy atom. The molecule has 60 heavy (non-hydrogen) atoms. The maximum Gasteiger partial charge on any atom is 0.433 e. The van der Waals surface area contributed by atoms with Gasteiger partial charge in [0.15, 0.2) is 0 Å². The fraction of sp³-hybridized carbons (Fsp3) is 0.400. The van der Waals surface area contributed by atoms with Crippen LogP contribution in [0.2, 0.25) is 0 Å². The number of nitro groups is 2. The number of nitrogens with zero attached hydrogens (tertiary/aromatic N) is 2. The van der Waals surface area contributed by atoms with Crippen LogP contribution in [0.15, 0.2) is 83.5 Å². The predicted octanol–water partition coefficient (Wildman–Crippen LogP) is 8.74. The number of carboxylic acid groups (broad SMARTS) is 1. The fourth-order valence-electron chi connectivity index (χ4n) is 4.02. The van der Waals surface area contributed by atoms with Gasteiger partial charge in [-0.1, -0.05) is 41.5 Å². The molecule has 0 aliphatic heterocycles. The molecule has 5 rings (SSSR count). The van der Waals surface area contributed by atoms with Crippen LogP contribution < -0.4 is 0 Å². The van der Waals surface area contributed by atoms with E-state index < -0.39 is 45.1 Å². The van der Waals surface area contributed by atoms with E-state index in [0.29, 0.717) is 29.1 Å². The van der Waals surface area contributed by atoms with Crippen LogP contribution in [0.3, 0.4) is 0 Å². The molecule has 0 radical (unpaired) electrons. The molecule has 5 aromatic heterocycles. The van der Waals surface area contributed by atoms with Gasteiger partial charge in [0.1, 0.15) is 23.6 Å². The summed E-state index contributed by atoms with van der Waals surface area (Å²) in [5.74, 6) is -1.45. The van der Waals surface area contributed by atoms with Crippen molar-refractivity contribution in [3.05, 3.63) is 133 Å². The van der Waals surface area contributed by atoms with E-state index >= 15 is 0 Å². The Kier molecular flexibility index (Phi) is 20.5. The highest BCUT2D eigenvalue weighted by molar-refractivity contribution is 5.87. The van der Waals surface area contributed by atoms with E-state index in [1.54, 1.807) is 24.7 Å². The van der Waals surface area contributed by atoms with Crippen LogP contribution in [0, 0.1) is 20.2 Å². The second kappa shape index (κ2) is 24.1. The number of aromatic carboxylic acids is 1. The van der Waals surface area contributed by atoms with E-state index in [-0.39, 0.29) is 29.6 Å². The SMILES string of the molecule is CC(C)c1coc(C(=O)O)c1.CC(C)c1coc(CO)c1.COC(=O)c1cc(C(C)(C)[N+](=O)[O-])co1.COC(=O)c1cc(C(C)C)co1.COC(=O)c1ccc([N+](=O)[O-])o1. The Morgan fingerprint density at radius 1 is 0.650 bits per heavy atom. The lowest BCUT2D eigenvalue weighted by Gasteiger charge is -2.12. The highest BCUT2D eigenvalue weighted by Gasteiger charge is 2.35. The molecule has 0 aromatic carbocycles. The Morgan fingerprint density at radius 2 is 1.07 bits per heavy atom. The maximum absolute atomic E-state index is 11.0. The van der Waals surface area contributed by atoms with Gasteiger partial charge >= 0.3 is 29.8 Å². The first kappa shape index (κ1) is 51.1. The summed E-state index contributed by atoms with van der Waals surface area (Å²) in [6.07, 6.45) is 5.94. The normalized spacial score (nSPS) is 10.4. The summed E-state index contributed by atoms with van der Waals surface area (Å²) in [6.45, 7) is 15.1. The molecule has 0 aliphatic carbocycles. The van der Waals surface area contributed by atoms with E-state index in [2.05, 4.69) is 32.5 Å². The summed E-state index contributed by atoms with van der Waals surface area (Å²) < 4.78 is 37.4. The Labute approximate surface area is 344 Å². The first-order valence-electron chi connectivity index (χ1n) is 17.8. The van der Waals surface area contributed by atoms with Crippen LogP contribution in [-0.2, 0) is 26.4 Å². The molecular weight excluding hydrogens is 796 g/mol. The van der Waals surface area contributed by atoms with E-state index in [1.165, 1.54) is 52.7 Å². The molecule has 0 saturated heterocycles. The molecule has 0 fully saturated rings. The van der Waals surface area contributed by atoms with Gasteiger partial charge < -0.3 is 46.5 Å². The molecule has 0 aliphatic rings. The number of carbonyl (C=O) groups is 4. The van der Waals surface area contributed by atoms with Gasteiger partial charge in [0, 0.05) is 24.8 Å². The van der Waals surface area contributed by atoms with Crippen LogP contribution in [0.4, 0.5) is 5.88 Å². The van der Waals surface area contributed by atoms with Gasteiger partial charge in [-0.25, -0.2) is 19.2 Å². The van der Waals surface area contributed by atoms with Crippen molar-refractivity contribution in [1.82, 2.24) is 0 Å². The average molecular weight is 847 g/mol. The van der Waals surface area contributed by atoms with Gasteiger partial charge in [0.2, 0.25) is 28.6 Å². The van der Waals surface area contributed by atoms with Crippen molar-refractivity contribution < 1.29 is 75.5 Å². The van der Waals surface area contributed by atoms with Crippen molar-refractivity contribution in [3.63, 3.8) is 0 Å². The molecule has 5 heterocycles. The molecule has 0 saturated carbocycles. The molecule has 0 atom stereocenters. The molecule has 0 spiro atoms. The highest BCUT2D eigenvalue weighted by atomic mass is 16.7. The number of esters is 3. The smallest absolute Gasteiger partial charge is 0.433 e. The molecular formula is C40H50N2O18. The van der Waals surface area contributed by atoms with Crippen molar-refractivity contribution in [1.29, 1.82) is 0 Å². The van der Waals surface area contributed by atoms with Crippen LogP contribution in [-0.4, -0.2) is 65.3 Å². The minimum absolute atomic E-state index is 0.00722. The molecule has 5 aromatic rings. The van der Waals surface area contributed by atoms with E-state index in [1.807, 2.05) is 33.8 Å². The number of methoxy groups -OCH3 is 3. The standard InChI is InChI=1S/C9H11NO5.C9H12O3.C8H10O3.C8H12O2.C6H5NO5/c1-9(2,10(12)13)6-4-7(15-5-6)8(11)14-3;1-6(2)7-4-8(12-5-7)9(10)11-3;1-5(2)6-3-7(8(9)10)11-4-6;1-6(2)7-3-8(4-9)10-5-7;1-11-6(8)4-2-3-5(12-4)7(9)10/h4-5H,1-3H3;4-6H,1-3H3;3-5H,1-2H3,(H,9,10);3,5-6,9H,4H2,1-2H3;2-3H,1H3. The summed E-state index contributed by atoms with van der Waals surface area (Å²) in [5.41, 5.74) is 2.12. The third kappa shape index (κ3) is 15.8. The van der Waals surface area contributed by atoms with Gasteiger partial charge in [-0.2, -0.15) is 0 Å². The summed E-state index contributed by atoms with van der Waals surface area (Å²) in [6, 6.07) is 8.72. The number of hydrogen-bond acceptors (Lipinski definition) is 17. The lowest BCUT2D eigenvalue weighted by Crippen LogP contribution is -2.27. The number of furan rings is 5. The second-order valence-electron chi connectivity index (χ2n) is 13.6. The zero-order chi connectivity index (χ0) is 45.9. The van der Waals surface area contributed by atoms with Crippen LogP contribution in [0.1, 0.15) is 143 Å². The quantitative estimate of drug-likeness (QED) is 0.0543. The molecule has 0 bridgehead atoms. The average Bonchev–Trinajstić information content (AvgIpc) is 4.06. The summed E-state index contributed by atoms with van der Waals surface area (Å²) >= 11 is 0. The third-order valence-corrected chi connectivity index (χ3v) is 7.97. The van der Waals surface area contributed by atoms with Gasteiger partial charge in [-0.3, -0.25) is 20.2 Å². The zero-order valence-corrected chi connectivity index (χ0v) is 35.0. The summed E-state index contributed by atoms with van der Waals surface area (Å²) in [4.78, 5) is 62.7. The fourth-order valence-corrected chi connectivity index (χ4v) is 4.02. The summed E-state index contributed by atoms with van der Waals surface area (Å²) in [7, 11) is 3.71. The van der Waals surface area contributed by atoms with Gasteiger partial charge in [-0.05, 0) is 58.7 Å². The second-order valence-corrected chi connectivity index (χ2v) is 13.6. The van der Waals surface area contributed by atoms with E-state index in [4.69, 9.17) is 27.9 Å². The van der Waals surface area contributed by atoms with E-state index in [9.17, 15) is 39.4 Å². The molecule has 2 N–H and O–H groups in total. The van der Waals surface area contributed by atoms with Crippen molar-refractivity contribution in [2.75, 3.05) is 21.3 Å². The molecule has 328 valence electrons. The van der Waals surface area contributed by atoms with Crippen molar-refractivity contribution >= 4 is 29.8 Å². The number of carbonyl (C=O) groups excluding carboxylic acids is 3. The third-order valence-electron chi connectivity index (χ3n) is 7.97.